The van der Waals surface area contributed by atoms with Crippen molar-refractivity contribution in [3.63, 3.8) is 0 Å². The zero-order valence-corrected chi connectivity index (χ0v) is 31.4. The summed E-state index contributed by atoms with van der Waals surface area (Å²) in [6, 6.07) is 73.7. The van der Waals surface area contributed by atoms with E-state index in [1.807, 2.05) is 6.07 Å². The van der Waals surface area contributed by atoms with Crippen molar-refractivity contribution in [2.45, 2.75) is 0 Å². The van der Waals surface area contributed by atoms with Gasteiger partial charge in [-0.25, -0.2) is 9.97 Å². The number of rotatable bonds is 5. The van der Waals surface area contributed by atoms with Gasteiger partial charge in [-0.2, -0.15) is 0 Å². The largest absolute Gasteiger partial charge is 0.309 e. The van der Waals surface area contributed by atoms with Crippen molar-refractivity contribution in [1.29, 1.82) is 0 Å². The average Bonchev–Trinajstić information content (AvgIpc) is 3.82. The number of para-hydroxylation sites is 3. The molecular weight excluding hydrogens is 705 g/mol. The summed E-state index contributed by atoms with van der Waals surface area (Å²) in [7, 11) is 0. The molecule has 58 heavy (non-hydrogen) atoms. The third-order valence-electron chi connectivity index (χ3n) is 11.7. The quantitative estimate of drug-likeness (QED) is 0.176. The zero-order valence-electron chi connectivity index (χ0n) is 31.4. The molecular formula is C54H34N4. The van der Waals surface area contributed by atoms with E-state index in [4.69, 9.17) is 9.97 Å². The average molecular weight is 739 g/mol. The lowest BCUT2D eigenvalue weighted by atomic mass is 9.99. The van der Waals surface area contributed by atoms with Crippen molar-refractivity contribution in [3.8, 4) is 45.3 Å². The summed E-state index contributed by atoms with van der Waals surface area (Å²) in [5.41, 5.74) is 11.9. The Morgan fingerprint density at radius 2 is 0.948 bits per heavy atom. The summed E-state index contributed by atoms with van der Waals surface area (Å²) in [6.07, 6.45) is 0. The van der Waals surface area contributed by atoms with Gasteiger partial charge in [0.15, 0.2) is 5.82 Å². The zero-order chi connectivity index (χ0) is 38.2. The third kappa shape index (κ3) is 4.88. The van der Waals surface area contributed by atoms with Crippen molar-refractivity contribution in [3.05, 3.63) is 206 Å². The van der Waals surface area contributed by atoms with E-state index in [-0.39, 0.29) is 0 Å². The summed E-state index contributed by atoms with van der Waals surface area (Å²) < 4.78 is 4.89. The summed E-state index contributed by atoms with van der Waals surface area (Å²) in [5, 5.41) is 9.49. The van der Waals surface area contributed by atoms with Gasteiger partial charge in [-0.1, -0.05) is 164 Å². The molecule has 0 amide bonds. The van der Waals surface area contributed by atoms with Crippen molar-refractivity contribution in [1.82, 2.24) is 19.1 Å². The van der Waals surface area contributed by atoms with E-state index in [0.717, 1.165) is 50.2 Å². The van der Waals surface area contributed by atoms with Gasteiger partial charge in [0.2, 0.25) is 0 Å². The van der Waals surface area contributed by atoms with Gasteiger partial charge in [-0.15, -0.1) is 0 Å². The molecule has 0 bridgehead atoms. The second kappa shape index (κ2) is 12.9. The number of benzene rings is 9. The third-order valence-corrected chi connectivity index (χ3v) is 11.7. The second-order valence-corrected chi connectivity index (χ2v) is 14.9. The Bertz CT molecular complexity index is 3560. The van der Waals surface area contributed by atoms with Gasteiger partial charge in [0, 0.05) is 49.3 Å². The summed E-state index contributed by atoms with van der Waals surface area (Å²) >= 11 is 0. The Hall–Kier alpha value is -7.82. The van der Waals surface area contributed by atoms with Crippen LogP contribution in [0.15, 0.2) is 206 Å². The lowest BCUT2D eigenvalue weighted by molar-refractivity contribution is 1.18. The Balaban J connectivity index is 1.15. The van der Waals surface area contributed by atoms with Crippen LogP contribution in [0, 0.1) is 0 Å². The normalized spacial score (nSPS) is 11.8. The fraction of sp³-hybridized carbons (Fsp3) is 0. The number of fused-ring (bicyclic) bond motifs is 9. The molecule has 3 aromatic heterocycles. The standard InChI is InChI=1S/C54H34N4/c1-3-17-36(18-4-1)46-34-47(40-26-13-19-35-16-7-8-22-38(35)40)56-54(55-46)44-28-14-27-41-39(44)25-15-31-49(41)58-48-29-11-9-23-42(48)43-32-33-51-52(53(43)58)45-24-10-12-30-50(45)57(51)37-20-5-2-6-21-37/h1-34H. The Kier molecular flexibility index (Phi) is 7.20. The SMILES string of the molecule is c1ccc(-c2cc(-c3cccc4ccccc34)nc(-c3cccc4c(-n5c6ccccc6c6ccc7c(c8ccccc8n7-c7ccccc7)c65)cccc34)n2)cc1. The molecule has 0 spiro atoms. The van der Waals surface area contributed by atoms with E-state index >= 15 is 0 Å². The molecule has 0 aliphatic carbocycles. The highest BCUT2D eigenvalue weighted by Crippen LogP contribution is 2.44. The molecule has 0 saturated carbocycles. The maximum atomic E-state index is 5.38. The lowest BCUT2D eigenvalue weighted by Crippen LogP contribution is -1.99. The maximum Gasteiger partial charge on any atom is 0.161 e. The highest BCUT2D eigenvalue weighted by Gasteiger charge is 2.22. The van der Waals surface area contributed by atoms with Gasteiger partial charge < -0.3 is 9.13 Å². The van der Waals surface area contributed by atoms with Crippen LogP contribution in [0.1, 0.15) is 0 Å². The number of nitrogens with zero attached hydrogens (tertiary/aromatic N) is 4. The van der Waals surface area contributed by atoms with E-state index in [1.54, 1.807) is 0 Å². The first kappa shape index (κ1) is 32.4. The molecule has 12 aromatic rings. The molecule has 0 radical (unpaired) electrons. The first-order chi connectivity index (χ1) is 28.8. The molecule has 9 aromatic carbocycles. The Morgan fingerprint density at radius 1 is 0.345 bits per heavy atom. The molecule has 4 heteroatoms. The van der Waals surface area contributed by atoms with Crippen LogP contribution in [0.2, 0.25) is 0 Å². The van der Waals surface area contributed by atoms with E-state index in [1.165, 1.54) is 54.4 Å². The monoisotopic (exact) mass is 738 g/mol. The van der Waals surface area contributed by atoms with Crippen LogP contribution in [0.4, 0.5) is 0 Å². The van der Waals surface area contributed by atoms with Gasteiger partial charge >= 0.3 is 0 Å². The number of hydrogen-bond acceptors (Lipinski definition) is 2. The molecule has 0 atom stereocenters. The maximum absolute atomic E-state index is 5.38. The second-order valence-electron chi connectivity index (χ2n) is 14.9. The van der Waals surface area contributed by atoms with E-state index in [2.05, 4.69) is 209 Å². The van der Waals surface area contributed by atoms with E-state index in [0.29, 0.717) is 5.82 Å². The van der Waals surface area contributed by atoms with Crippen LogP contribution < -0.4 is 0 Å². The molecule has 0 fully saturated rings. The van der Waals surface area contributed by atoms with Crippen LogP contribution in [-0.4, -0.2) is 19.1 Å². The van der Waals surface area contributed by atoms with Crippen LogP contribution in [-0.2, 0) is 0 Å². The summed E-state index contributed by atoms with van der Waals surface area (Å²) in [4.78, 5) is 10.7. The summed E-state index contributed by atoms with van der Waals surface area (Å²) in [5.74, 6) is 0.697. The predicted molar refractivity (Wildman–Crippen MR) is 242 cm³/mol. The molecule has 0 aliphatic heterocycles. The highest BCUT2D eigenvalue weighted by atomic mass is 15.0. The summed E-state index contributed by atoms with van der Waals surface area (Å²) in [6.45, 7) is 0. The van der Waals surface area contributed by atoms with Crippen LogP contribution in [0.5, 0.6) is 0 Å². The molecule has 270 valence electrons. The Morgan fingerprint density at radius 3 is 1.79 bits per heavy atom. The van der Waals surface area contributed by atoms with Gasteiger partial charge in [0.25, 0.3) is 0 Å². The van der Waals surface area contributed by atoms with Crippen molar-refractivity contribution >= 4 is 65.2 Å². The topological polar surface area (TPSA) is 35.6 Å². The van der Waals surface area contributed by atoms with Crippen LogP contribution in [0.25, 0.3) is 110 Å². The molecule has 0 aliphatic rings. The fourth-order valence-corrected chi connectivity index (χ4v) is 9.21. The van der Waals surface area contributed by atoms with E-state index < -0.39 is 0 Å². The van der Waals surface area contributed by atoms with Gasteiger partial charge in [-0.05, 0) is 58.6 Å². The molecule has 4 nitrogen and oxygen atoms in total. The van der Waals surface area contributed by atoms with Crippen LogP contribution >= 0.6 is 0 Å². The fourth-order valence-electron chi connectivity index (χ4n) is 9.21. The van der Waals surface area contributed by atoms with Gasteiger partial charge in [0.05, 0.1) is 39.1 Å². The van der Waals surface area contributed by atoms with E-state index in [9.17, 15) is 0 Å². The first-order valence-corrected chi connectivity index (χ1v) is 19.8. The first-order valence-electron chi connectivity index (χ1n) is 19.8. The van der Waals surface area contributed by atoms with Crippen molar-refractivity contribution in [2.24, 2.45) is 0 Å². The minimum atomic E-state index is 0.697. The molecule has 0 N–H and O–H groups in total. The Labute approximate surface area is 334 Å². The van der Waals surface area contributed by atoms with Crippen molar-refractivity contribution in [2.75, 3.05) is 0 Å². The highest BCUT2D eigenvalue weighted by molar-refractivity contribution is 6.26. The van der Waals surface area contributed by atoms with Crippen LogP contribution in [0.3, 0.4) is 0 Å². The lowest BCUT2D eigenvalue weighted by Gasteiger charge is -2.15. The molecule has 3 heterocycles. The molecule has 12 rings (SSSR count). The number of hydrogen-bond donors (Lipinski definition) is 0. The number of aromatic nitrogens is 4. The predicted octanol–water partition coefficient (Wildman–Crippen LogP) is 14.0. The van der Waals surface area contributed by atoms with Gasteiger partial charge in [-0.3, -0.25) is 0 Å². The van der Waals surface area contributed by atoms with Crippen molar-refractivity contribution < 1.29 is 0 Å². The minimum absolute atomic E-state index is 0.697. The minimum Gasteiger partial charge on any atom is -0.309 e. The van der Waals surface area contributed by atoms with Gasteiger partial charge in [0.1, 0.15) is 0 Å². The molecule has 0 saturated heterocycles. The molecule has 0 unspecified atom stereocenters. The smallest absolute Gasteiger partial charge is 0.161 e.